The zero-order chi connectivity index (χ0) is 21.3. The summed E-state index contributed by atoms with van der Waals surface area (Å²) in [6.07, 6.45) is 0. The molecule has 0 aliphatic carbocycles. The van der Waals surface area contributed by atoms with Crippen LogP contribution >= 0.6 is 23.4 Å². The summed E-state index contributed by atoms with van der Waals surface area (Å²) in [5.74, 6) is -1.07. The number of halogens is 1. The first kappa shape index (κ1) is 20.3. The van der Waals surface area contributed by atoms with E-state index in [1.165, 1.54) is 18.2 Å². The Morgan fingerprint density at radius 2 is 1.70 bits per heavy atom. The second kappa shape index (κ2) is 8.06. The highest BCUT2D eigenvalue weighted by atomic mass is 35.5. The molecule has 0 fully saturated rings. The van der Waals surface area contributed by atoms with Gasteiger partial charge in [-0.05, 0) is 36.4 Å². The van der Waals surface area contributed by atoms with Crippen LogP contribution in [-0.2, 0) is 10.0 Å². The molecular weight excluding hydrogens is 446 g/mol. The van der Waals surface area contributed by atoms with Crippen molar-refractivity contribution in [1.29, 1.82) is 0 Å². The third-order valence-corrected chi connectivity index (χ3v) is 6.80. The van der Waals surface area contributed by atoms with Gasteiger partial charge in [0.25, 0.3) is 10.0 Å². The molecular formula is C21H14ClNO5S2. The molecule has 30 heavy (non-hydrogen) atoms. The van der Waals surface area contributed by atoms with Gasteiger partial charge in [0, 0.05) is 26.3 Å². The number of hydrogen-bond acceptors (Lipinski definition) is 5. The van der Waals surface area contributed by atoms with E-state index in [-0.39, 0.29) is 16.3 Å². The van der Waals surface area contributed by atoms with Crippen LogP contribution < -0.4 is 4.72 Å². The summed E-state index contributed by atoms with van der Waals surface area (Å²) < 4.78 is 33.8. The lowest BCUT2D eigenvalue weighted by molar-refractivity contribution is 0.0693. The second-order valence-electron chi connectivity index (χ2n) is 6.25. The molecule has 0 amide bonds. The lowest BCUT2D eigenvalue weighted by Crippen LogP contribution is -2.12. The quantitative estimate of drug-likeness (QED) is 0.382. The second-order valence-corrected chi connectivity index (χ2v) is 9.39. The predicted octanol–water partition coefficient (Wildman–Crippen LogP) is 5.74. The van der Waals surface area contributed by atoms with E-state index in [4.69, 9.17) is 16.0 Å². The van der Waals surface area contributed by atoms with Crippen LogP contribution in [-0.4, -0.2) is 19.5 Å². The molecule has 0 radical (unpaired) electrons. The van der Waals surface area contributed by atoms with Gasteiger partial charge in [-0.1, -0.05) is 53.7 Å². The molecule has 0 unspecified atom stereocenters. The zero-order valence-corrected chi connectivity index (χ0v) is 17.6. The Labute approximate surface area is 181 Å². The topological polar surface area (TPSA) is 96.6 Å². The number of hydrogen-bond donors (Lipinski definition) is 2. The van der Waals surface area contributed by atoms with Gasteiger partial charge in [-0.2, -0.15) is 8.42 Å². The van der Waals surface area contributed by atoms with Gasteiger partial charge < -0.3 is 9.52 Å². The van der Waals surface area contributed by atoms with Gasteiger partial charge in [-0.25, -0.2) is 4.79 Å². The summed E-state index contributed by atoms with van der Waals surface area (Å²) in [4.78, 5) is 12.5. The van der Waals surface area contributed by atoms with Crippen LogP contribution in [0.3, 0.4) is 0 Å². The summed E-state index contributed by atoms with van der Waals surface area (Å²) in [5, 5.41) is 10.2. The lowest BCUT2D eigenvalue weighted by Gasteiger charge is -2.13. The maximum absolute atomic E-state index is 12.9. The van der Waals surface area contributed by atoms with E-state index in [1.54, 1.807) is 54.6 Å². The summed E-state index contributed by atoms with van der Waals surface area (Å²) in [5.41, 5.74) is 0.783. The van der Waals surface area contributed by atoms with E-state index in [9.17, 15) is 18.3 Å². The largest absolute Gasteiger partial charge is 0.478 e. The Bertz CT molecular complexity index is 1330. The summed E-state index contributed by atoms with van der Waals surface area (Å²) in [6, 6.07) is 19.6. The number of rotatable bonds is 6. The summed E-state index contributed by atoms with van der Waals surface area (Å²) in [6.45, 7) is 0. The number of aromatic carboxylic acids is 1. The first-order chi connectivity index (χ1) is 14.3. The lowest BCUT2D eigenvalue weighted by atomic mass is 10.2. The molecule has 0 atom stereocenters. The number of para-hydroxylation sites is 1. The number of carbonyl (C=O) groups is 1. The number of furan rings is 1. The normalized spacial score (nSPS) is 11.5. The number of nitrogens with one attached hydrogen (secondary N) is 1. The molecule has 4 aromatic rings. The van der Waals surface area contributed by atoms with Crippen molar-refractivity contribution in [1.82, 2.24) is 0 Å². The average Bonchev–Trinajstić information content (AvgIpc) is 3.15. The Balaban J connectivity index is 1.71. The van der Waals surface area contributed by atoms with Crippen molar-refractivity contribution < 1.29 is 22.7 Å². The first-order valence-corrected chi connectivity index (χ1v) is 11.3. The SMILES string of the molecule is O=C(O)c1ccccc1Sc1ccc(Cl)cc1NS(=O)(=O)c1cc2ccccc2o1. The monoisotopic (exact) mass is 459 g/mol. The molecule has 6 nitrogen and oxygen atoms in total. The van der Waals surface area contributed by atoms with E-state index in [0.29, 0.717) is 25.8 Å². The van der Waals surface area contributed by atoms with Crippen molar-refractivity contribution >= 4 is 56.0 Å². The molecule has 0 aliphatic rings. The molecule has 0 bridgehead atoms. The van der Waals surface area contributed by atoms with Crippen molar-refractivity contribution in [2.45, 2.75) is 14.9 Å². The van der Waals surface area contributed by atoms with Gasteiger partial charge in [-0.3, -0.25) is 4.72 Å². The minimum atomic E-state index is -4.04. The van der Waals surface area contributed by atoms with Crippen molar-refractivity contribution in [3.05, 3.63) is 83.4 Å². The Kier molecular flexibility index (Phi) is 5.46. The molecule has 0 saturated heterocycles. The van der Waals surface area contributed by atoms with Gasteiger partial charge in [0.2, 0.25) is 5.09 Å². The van der Waals surface area contributed by atoms with Gasteiger partial charge in [-0.15, -0.1) is 0 Å². The minimum absolute atomic E-state index is 0.114. The number of carboxylic acid groups (broad SMARTS) is 1. The van der Waals surface area contributed by atoms with Gasteiger partial charge in [0.15, 0.2) is 0 Å². The van der Waals surface area contributed by atoms with Crippen LogP contribution in [0.4, 0.5) is 5.69 Å². The van der Waals surface area contributed by atoms with Crippen LogP contribution in [0.5, 0.6) is 0 Å². The molecule has 0 aliphatic heterocycles. The van der Waals surface area contributed by atoms with Crippen molar-refractivity contribution in [2.24, 2.45) is 0 Å². The molecule has 1 heterocycles. The highest BCUT2D eigenvalue weighted by Gasteiger charge is 2.22. The Morgan fingerprint density at radius 3 is 2.47 bits per heavy atom. The van der Waals surface area contributed by atoms with E-state index < -0.39 is 16.0 Å². The average molecular weight is 460 g/mol. The van der Waals surface area contributed by atoms with E-state index in [2.05, 4.69) is 4.72 Å². The molecule has 2 N–H and O–H groups in total. The van der Waals surface area contributed by atoms with E-state index in [0.717, 1.165) is 11.8 Å². The molecule has 0 saturated carbocycles. The maximum atomic E-state index is 12.9. The standard InChI is InChI=1S/C21H14ClNO5S2/c22-14-9-10-19(29-18-8-4-2-6-15(18)21(24)25)16(12-14)23-30(26,27)20-11-13-5-1-3-7-17(13)28-20/h1-12,23H,(H,24,25). The highest BCUT2D eigenvalue weighted by Crippen LogP contribution is 2.38. The number of sulfonamides is 1. The van der Waals surface area contributed by atoms with Gasteiger partial charge in [0.1, 0.15) is 5.58 Å². The molecule has 4 rings (SSSR count). The van der Waals surface area contributed by atoms with Crippen LogP contribution in [0, 0.1) is 0 Å². The van der Waals surface area contributed by atoms with Crippen molar-refractivity contribution in [3.63, 3.8) is 0 Å². The maximum Gasteiger partial charge on any atom is 0.336 e. The molecule has 1 aromatic heterocycles. The number of carboxylic acids is 1. The minimum Gasteiger partial charge on any atom is -0.478 e. The number of fused-ring (bicyclic) bond motifs is 1. The fraction of sp³-hybridized carbons (Fsp3) is 0. The highest BCUT2D eigenvalue weighted by molar-refractivity contribution is 7.99. The number of anilines is 1. The van der Waals surface area contributed by atoms with Crippen LogP contribution in [0.25, 0.3) is 11.0 Å². The number of benzene rings is 3. The smallest absolute Gasteiger partial charge is 0.336 e. The van der Waals surface area contributed by atoms with Crippen molar-refractivity contribution in [2.75, 3.05) is 4.72 Å². The van der Waals surface area contributed by atoms with Gasteiger partial charge in [0.05, 0.1) is 11.3 Å². The van der Waals surface area contributed by atoms with E-state index >= 15 is 0 Å². The fourth-order valence-electron chi connectivity index (χ4n) is 2.81. The summed E-state index contributed by atoms with van der Waals surface area (Å²) in [7, 11) is -4.04. The Morgan fingerprint density at radius 1 is 0.967 bits per heavy atom. The fourth-order valence-corrected chi connectivity index (χ4v) is 5.09. The van der Waals surface area contributed by atoms with Crippen molar-refractivity contribution in [3.8, 4) is 0 Å². The molecule has 3 aromatic carbocycles. The molecule has 0 spiro atoms. The van der Waals surface area contributed by atoms with Crippen LogP contribution in [0.2, 0.25) is 5.02 Å². The molecule has 9 heteroatoms. The Hall–Kier alpha value is -2.94. The van der Waals surface area contributed by atoms with E-state index in [1.807, 2.05) is 0 Å². The first-order valence-electron chi connectivity index (χ1n) is 8.64. The third kappa shape index (κ3) is 4.16. The molecule has 152 valence electrons. The zero-order valence-electron chi connectivity index (χ0n) is 15.2. The van der Waals surface area contributed by atoms with Crippen LogP contribution in [0.15, 0.2) is 92.1 Å². The van der Waals surface area contributed by atoms with Crippen LogP contribution in [0.1, 0.15) is 10.4 Å². The third-order valence-electron chi connectivity index (χ3n) is 4.19. The summed E-state index contributed by atoms with van der Waals surface area (Å²) >= 11 is 7.20. The van der Waals surface area contributed by atoms with Gasteiger partial charge >= 0.3 is 5.97 Å². The predicted molar refractivity (Wildman–Crippen MR) is 116 cm³/mol.